The van der Waals surface area contributed by atoms with E-state index in [0.717, 1.165) is 35.1 Å². The van der Waals surface area contributed by atoms with Crippen LogP contribution in [0.15, 0.2) is 48.5 Å². The fourth-order valence-corrected chi connectivity index (χ4v) is 4.67. The summed E-state index contributed by atoms with van der Waals surface area (Å²) in [7, 11) is 0. The molecule has 33 heavy (non-hydrogen) atoms. The highest BCUT2D eigenvalue weighted by Gasteiger charge is 2.32. The average molecular weight is 454 g/mol. The summed E-state index contributed by atoms with van der Waals surface area (Å²) in [5.41, 5.74) is 4.52. The Morgan fingerprint density at radius 3 is 2.30 bits per heavy atom. The molecule has 0 radical (unpaired) electrons. The lowest BCUT2D eigenvalue weighted by molar-refractivity contribution is -0.139. The summed E-state index contributed by atoms with van der Waals surface area (Å²) in [4.78, 5) is 24.1. The Labute approximate surface area is 194 Å². The number of hydrogen-bond acceptors (Lipinski definition) is 5. The van der Waals surface area contributed by atoms with Crippen LogP contribution < -0.4 is 5.32 Å². The van der Waals surface area contributed by atoms with E-state index in [1.54, 1.807) is 0 Å². The number of nitrogens with one attached hydrogen (secondary N) is 1. The van der Waals surface area contributed by atoms with E-state index in [1.807, 2.05) is 50.2 Å². The third kappa shape index (κ3) is 5.54. The molecular weight excluding hydrogens is 422 g/mol. The van der Waals surface area contributed by atoms with E-state index in [-0.39, 0.29) is 18.6 Å². The highest BCUT2D eigenvalue weighted by molar-refractivity contribution is 5.81. The van der Waals surface area contributed by atoms with Crippen LogP contribution in [-0.4, -0.2) is 48.3 Å². The van der Waals surface area contributed by atoms with Gasteiger partial charge in [0.05, 0.1) is 12.7 Å². The number of rotatable bonds is 9. The molecule has 1 saturated heterocycles. The van der Waals surface area contributed by atoms with Crippen molar-refractivity contribution in [2.45, 2.75) is 63.4 Å². The van der Waals surface area contributed by atoms with Crippen LogP contribution in [0.25, 0.3) is 11.1 Å². The van der Waals surface area contributed by atoms with Crippen LogP contribution in [0.3, 0.4) is 0 Å². The van der Waals surface area contributed by atoms with Crippen molar-refractivity contribution in [2.24, 2.45) is 0 Å². The van der Waals surface area contributed by atoms with Crippen molar-refractivity contribution >= 4 is 12.1 Å². The Morgan fingerprint density at radius 1 is 1.09 bits per heavy atom. The molecule has 0 bridgehead atoms. The molecule has 0 aromatic heterocycles. The zero-order valence-electron chi connectivity index (χ0n) is 19.1. The lowest BCUT2D eigenvalue weighted by Crippen LogP contribution is -2.41. The molecule has 1 heterocycles. The Balaban J connectivity index is 1.26. The number of unbranched alkanes of at least 4 members (excludes halogenated alkanes) is 1. The van der Waals surface area contributed by atoms with Gasteiger partial charge >= 0.3 is 12.1 Å². The van der Waals surface area contributed by atoms with E-state index in [9.17, 15) is 14.7 Å². The molecule has 7 nitrogen and oxygen atoms in total. The van der Waals surface area contributed by atoms with Crippen LogP contribution >= 0.6 is 0 Å². The summed E-state index contributed by atoms with van der Waals surface area (Å²) >= 11 is 0. The van der Waals surface area contributed by atoms with Crippen molar-refractivity contribution in [2.75, 3.05) is 13.2 Å². The van der Waals surface area contributed by atoms with E-state index >= 15 is 0 Å². The quantitative estimate of drug-likeness (QED) is 0.535. The van der Waals surface area contributed by atoms with Gasteiger partial charge in [0.25, 0.3) is 0 Å². The smallest absolute Gasteiger partial charge is 0.407 e. The van der Waals surface area contributed by atoms with Crippen LogP contribution in [-0.2, 0) is 19.0 Å². The van der Waals surface area contributed by atoms with Crippen molar-refractivity contribution in [1.82, 2.24) is 5.32 Å². The molecule has 1 fully saturated rings. The second-order valence-electron chi connectivity index (χ2n) is 9.10. The third-order valence-electron chi connectivity index (χ3n) is 6.27. The number of fused-ring (bicyclic) bond motifs is 3. The minimum atomic E-state index is -1.06. The average Bonchev–Trinajstić information content (AvgIpc) is 3.31. The second-order valence-corrected chi connectivity index (χ2v) is 9.10. The van der Waals surface area contributed by atoms with Gasteiger partial charge in [0, 0.05) is 5.92 Å². The fraction of sp³-hybridized carbons (Fsp3) is 0.462. The maximum Gasteiger partial charge on any atom is 0.407 e. The summed E-state index contributed by atoms with van der Waals surface area (Å²) in [6.45, 7) is 4.46. The first-order chi connectivity index (χ1) is 15.8. The number of alkyl carbamates (subject to hydrolysis) is 1. The van der Waals surface area contributed by atoms with E-state index in [0.29, 0.717) is 19.4 Å². The first-order valence-corrected chi connectivity index (χ1v) is 11.5. The fourth-order valence-electron chi connectivity index (χ4n) is 4.67. The Hall–Kier alpha value is -2.90. The molecule has 2 aliphatic rings. The maximum absolute atomic E-state index is 12.4. The number of carbonyl (C=O) groups is 2. The maximum atomic E-state index is 12.4. The first-order valence-electron chi connectivity index (χ1n) is 11.5. The minimum Gasteiger partial charge on any atom is -0.480 e. The number of benzene rings is 2. The number of carboxylic acid groups (broad SMARTS) is 1. The summed E-state index contributed by atoms with van der Waals surface area (Å²) < 4.78 is 16.8. The SMILES string of the molecule is CC1(C)OC[C@H](CCCC[C@@H](NC(=O)OCC2c3ccccc3-c3ccccc32)C(=O)O)O1. The van der Waals surface area contributed by atoms with Crippen molar-refractivity contribution in [3.63, 3.8) is 0 Å². The standard InChI is InChI=1S/C26H31NO6/c1-26(2)32-15-17(33-26)9-3-8-14-23(24(28)29)27-25(30)31-16-22-20-12-6-4-10-18(20)19-11-5-7-13-21(19)22/h4-7,10-13,17,22-23H,3,8-9,14-16H2,1-2H3,(H,27,30)(H,28,29)/t17-,23+/m0/s1. The van der Waals surface area contributed by atoms with Gasteiger partial charge in [-0.3, -0.25) is 0 Å². The van der Waals surface area contributed by atoms with Crippen LogP contribution in [0.2, 0.25) is 0 Å². The number of hydrogen-bond donors (Lipinski definition) is 2. The molecule has 0 spiro atoms. The number of carboxylic acids is 1. The Morgan fingerprint density at radius 2 is 1.73 bits per heavy atom. The van der Waals surface area contributed by atoms with Crippen LogP contribution in [0.5, 0.6) is 0 Å². The topological polar surface area (TPSA) is 94.1 Å². The highest BCUT2D eigenvalue weighted by atomic mass is 16.7. The van der Waals surface area contributed by atoms with Gasteiger partial charge in [-0.05, 0) is 48.9 Å². The molecule has 0 saturated carbocycles. The molecule has 1 aliphatic heterocycles. The van der Waals surface area contributed by atoms with E-state index < -0.39 is 23.9 Å². The van der Waals surface area contributed by atoms with Gasteiger partial charge < -0.3 is 24.6 Å². The number of carbonyl (C=O) groups excluding carboxylic acids is 1. The molecule has 2 aromatic carbocycles. The summed E-state index contributed by atoms with van der Waals surface area (Å²) in [6.07, 6.45) is 1.88. The predicted molar refractivity (Wildman–Crippen MR) is 123 cm³/mol. The molecule has 1 amide bonds. The lowest BCUT2D eigenvalue weighted by Gasteiger charge is -2.18. The van der Waals surface area contributed by atoms with Gasteiger partial charge in [0.15, 0.2) is 5.79 Å². The van der Waals surface area contributed by atoms with Gasteiger partial charge in [-0.2, -0.15) is 0 Å². The zero-order valence-corrected chi connectivity index (χ0v) is 19.1. The number of aliphatic carboxylic acids is 1. The van der Waals surface area contributed by atoms with Gasteiger partial charge in [-0.25, -0.2) is 9.59 Å². The molecule has 2 atom stereocenters. The van der Waals surface area contributed by atoms with Gasteiger partial charge in [-0.15, -0.1) is 0 Å². The molecule has 4 rings (SSSR count). The van der Waals surface area contributed by atoms with Crippen molar-refractivity contribution in [3.8, 4) is 11.1 Å². The van der Waals surface area contributed by atoms with Crippen molar-refractivity contribution in [1.29, 1.82) is 0 Å². The second kappa shape index (κ2) is 9.93. The van der Waals surface area contributed by atoms with Gasteiger partial charge in [0.1, 0.15) is 12.6 Å². The van der Waals surface area contributed by atoms with Crippen LogP contribution in [0.1, 0.15) is 56.6 Å². The Kier molecular flexibility index (Phi) is 7.00. The largest absolute Gasteiger partial charge is 0.480 e. The summed E-state index contributed by atoms with van der Waals surface area (Å²) in [5.74, 6) is -1.69. The normalized spacial score (nSPS) is 19.5. The van der Waals surface area contributed by atoms with E-state index in [1.165, 1.54) is 0 Å². The minimum absolute atomic E-state index is 0.0263. The molecule has 1 aliphatic carbocycles. The predicted octanol–water partition coefficient (Wildman–Crippen LogP) is 4.69. The number of amides is 1. The summed E-state index contributed by atoms with van der Waals surface area (Å²) in [5, 5.41) is 12.0. The Bertz CT molecular complexity index is 958. The molecule has 2 aromatic rings. The zero-order chi connectivity index (χ0) is 23.4. The third-order valence-corrected chi connectivity index (χ3v) is 6.27. The first kappa shape index (κ1) is 23.3. The van der Waals surface area contributed by atoms with Crippen LogP contribution in [0.4, 0.5) is 4.79 Å². The van der Waals surface area contributed by atoms with Crippen LogP contribution in [0, 0.1) is 0 Å². The van der Waals surface area contributed by atoms with Gasteiger partial charge in [0.2, 0.25) is 0 Å². The number of ether oxygens (including phenoxy) is 3. The van der Waals surface area contributed by atoms with Crippen molar-refractivity contribution in [3.05, 3.63) is 59.7 Å². The molecule has 176 valence electrons. The molecule has 2 N–H and O–H groups in total. The van der Waals surface area contributed by atoms with Gasteiger partial charge in [-0.1, -0.05) is 61.4 Å². The molecular formula is C26H31NO6. The summed E-state index contributed by atoms with van der Waals surface area (Å²) in [6, 6.07) is 15.2. The van der Waals surface area contributed by atoms with E-state index in [2.05, 4.69) is 17.4 Å². The van der Waals surface area contributed by atoms with E-state index in [4.69, 9.17) is 14.2 Å². The molecule has 0 unspecified atom stereocenters. The molecule has 7 heteroatoms. The van der Waals surface area contributed by atoms with Crippen molar-refractivity contribution < 1.29 is 28.9 Å². The monoisotopic (exact) mass is 453 g/mol. The lowest BCUT2D eigenvalue weighted by atomic mass is 9.98. The highest BCUT2D eigenvalue weighted by Crippen LogP contribution is 2.44.